The number of ether oxygens (including phenoxy) is 4. The van der Waals surface area contributed by atoms with Crippen LogP contribution in [0.3, 0.4) is 0 Å². The van der Waals surface area contributed by atoms with Gasteiger partial charge in [-0.15, -0.1) is 0 Å². The van der Waals surface area contributed by atoms with Crippen molar-refractivity contribution in [2.75, 3.05) is 39.6 Å². The number of carbonyl (C=O) groups is 4. The number of allylic oxidation sites excluding steroid dienone is 14. The highest BCUT2D eigenvalue weighted by molar-refractivity contribution is 7.47. The Morgan fingerprint density at radius 2 is 0.587 bits per heavy atom. The van der Waals surface area contributed by atoms with Crippen LogP contribution in [0, 0.1) is 0 Å². The second-order valence-electron chi connectivity index (χ2n) is 23.8. The first kappa shape index (κ1) is 88.2. The number of phosphoric acid groups is 2. The minimum absolute atomic E-state index is 0.0728. The summed E-state index contributed by atoms with van der Waals surface area (Å²) < 4.78 is 68.1. The lowest BCUT2D eigenvalue weighted by Gasteiger charge is -2.21. The molecule has 3 N–H and O–H groups in total. The fraction of sp³-hybridized carbons (Fsp3) is 0.753. The van der Waals surface area contributed by atoms with E-state index in [4.69, 9.17) is 37.0 Å². The van der Waals surface area contributed by atoms with Crippen LogP contribution in [0.2, 0.25) is 0 Å². The summed E-state index contributed by atoms with van der Waals surface area (Å²) in [6, 6.07) is 0. The van der Waals surface area contributed by atoms with Crippen LogP contribution in [0.25, 0.3) is 0 Å². The number of carbonyl (C=O) groups excluding carboxylic acids is 4. The van der Waals surface area contributed by atoms with Crippen molar-refractivity contribution in [2.45, 2.75) is 316 Å². The molecular weight excluding hydrogens is 1210 g/mol. The van der Waals surface area contributed by atoms with Crippen LogP contribution in [0.5, 0.6) is 0 Å². The van der Waals surface area contributed by atoms with Crippen LogP contribution >= 0.6 is 15.6 Å². The largest absolute Gasteiger partial charge is 0.472 e. The number of hydrogen-bond donors (Lipinski definition) is 3. The third-order valence-electron chi connectivity index (χ3n) is 14.8. The van der Waals surface area contributed by atoms with Crippen molar-refractivity contribution >= 4 is 39.5 Å². The number of aliphatic hydroxyl groups is 1. The molecule has 0 aromatic carbocycles. The fourth-order valence-electron chi connectivity index (χ4n) is 9.33. The van der Waals surface area contributed by atoms with E-state index < -0.39 is 97.5 Å². The molecular formula is C73H128O17P2. The van der Waals surface area contributed by atoms with Crippen molar-refractivity contribution in [3.8, 4) is 0 Å². The molecule has 0 spiro atoms. The molecule has 5 unspecified atom stereocenters. The maximum Gasteiger partial charge on any atom is 0.472 e. The molecule has 92 heavy (non-hydrogen) atoms. The SMILES string of the molecule is CC/C=C\C/C=C\C/C=C\C/C=C\C/C=C\CCCC(=O)OCC(COP(=O)(O)OCC(O)COP(=O)(O)OCC(COC(=O)CCCCCCCCCCCCCCC)OC(=O)CCCCCCC/C=C\CCCC)OC(=O)CCCCCCC/C=C\CCCC. The molecule has 17 nitrogen and oxygen atoms in total. The Hall–Kier alpha value is -3.76. The predicted molar refractivity (Wildman–Crippen MR) is 372 cm³/mol. The van der Waals surface area contributed by atoms with Crippen LogP contribution in [0.1, 0.15) is 297 Å². The van der Waals surface area contributed by atoms with E-state index in [0.29, 0.717) is 32.1 Å². The number of esters is 4. The zero-order chi connectivity index (χ0) is 67.5. The van der Waals surface area contributed by atoms with Gasteiger partial charge in [-0.05, 0) is 103 Å². The molecule has 0 saturated carbocycles. The molecule has 0 amide bonds. The molecule has 5 atom stereocenters. The minimum Gasteiger partial charge on any atom is -0.462 e. The average molecular weight is 1340 g/mol. The maximum absolute atomic E-state index is 13.0. The lowest BCUT2D eigenvalue weighted by Crippen LogP contribution is -2.30. The van der Waals surface area contributed by atoms with E-state index >= 15 is 0 Å². The Balaban J connectivity index is 5.33. The summed E-state index contributed by atoms with van der Waals surface area (Å²) in [5.41, 5.74) is 0. The lowest BCUT2D eigenvalue weighted by molar-refractivity contribution is -0.161. The molecule has 0 rings (SSSR count). The summed E-state index contributed by atoms with van der Waals surface area (Å²) in [6.45, 7) is 4.59. The van der Waals surface area contributed by atoms with Gasteiger partial charge >= 0.3 is 39.5 Å². The van der Waals surface area contributed by atoms with Crippen molar-refractivity contribution in [3.05, 3.63) is 85.1 Å². The first-order valence-electron chi connectivity index (χ1n) is 35.8. The van der Waals surface area contributed by atoms with E-state index in [-0.39, 0.29) is 25.7 Å². The van der Waals surface area contributed by atoms with Crippen molar-refractivity contribution in [1.29, 1.82) is 0 Å². The van der Waals surface area contributed by atoms with Crippen LogP contribution in [-0.4, -0.2) is 96.7 Å². The number of unbranched alkanes of at least 4 members (excludes halogenated alkanes) is 27. The number of hydrogen-bond acceptors (Lipinski definition) is 15. The number of aliphatic hydroxyl groups excluding tert-OH is 1. The van der Waals surface area contributed by atoms with E-state index in [1.54, 1.807) is 0 Å². The second-order valence-corrected chi connectivity index (χ2v) is 26.7. The quantitative estimate of drug-likeness (QED) is 0.0169. The summed E-state index contributed by atoms with van der Waals surface area (Å²) in [4.78, 5) is 72.5. The van der Waals surface area contributed by atoms with Crippen LogP contribution in [0.15, 0.2) is 85.1 Å². The molecule has 532 valence electrons. The molecule has 0 aliphatic carbocycles. The summed E-state index contributed by atoms with van der Waals surface area (Å²) in [7, 11) is -9.94. The van der Waals surface area contributed by atoms with E-state index in [0.717, 1.165) is 128 Å². The highest BCUT2D eigenvalue weighted by Crippen LogP contribution is 2.45. The summed E-state index contributed by atoms with van der Waals surface area (Å²) >= 11 is 0. The van der Waals surface area contributed by atoms with Gasteiger partial charge in [-0.25, -0.2) is 9.13 Å². The van der Waals surface area contributed by atoms with E-state index in [2.05, 4.69) is 101 Å². The topological polar surface area (TPSA) is 237 Å². The monoisotopic (exact) mass is 1340 g/mol. The fourth-order valence-corrected chi connectivity index (χ4v) is 10.9. The van der Waals surface area contributed by atoms with Gasteiger partial charge in [0.15, 0.2) is 12.2 Å². The van der Waals surface area contributed by atoms with Crippen LogP contribution in [0.4, 0.5) is 0 Å². The third kappa shape index (κ3) is 64.9. The number of phosphoric ester groups is 2. The Bertz CT molecular complexity index is 2090. The molecule has 0 radical (unpaired) electrons. The third-order valence-corrected chi connectivity index (χ3v) is 16.7. The zero-order valence-electron chi connectivity index (χ0n) is 57.7. The Morgan fingerprint density at radius 1 is 0.315 bits per heavy atom. The summed E-state index contributed by atoms with van der Waals surface area (Å²) in [6.07, 6.45) is 64.7. The molecule has 19 heteroatoms. The smallest absolute Gasteiger partial charge is 0.462 e. The van der Waals surface area contributed by atoms with Gasteiger partial charge in [0, 0.05) is 25.7 Å². The van der Waals surface area contributed by atoms with Gasteiger partial charge in [0.25, 0.3) is 0 Å². The number of rotatable bonds is 67. The molecule has 0 heterocycles. The molecule has 0 aliphatic rings. The van der Waals surface area contributed by atoms with Gasteiger partial charge in [0.05, 0.1) is 26.4 Å². The van der Waals surface area contributed by atoms with Gasteiger partial charge in [0.2, 0.25) is 0 Å². The highest BCUT2D eigenvalue weighted by atomic mass is 31.2. The van der Waals surface area contributed by atoms with E-state index in [1.165, 1.54) is 83.5 Å². The Morgan fingerprint density at radius 3 is 0.957 bits per heavy atom. The summed E-state index contributed by atoms with van der Waals surface area (Å²) in [5.74, 6) is -2.25. The Labute approximate surface area is 557 Å². The van der Waals surface area contributed by atoms with E-state index in [1.807, 2.05) is 12.2 Å². The average Bonchev–Trinajstić information content (AvgIpc) is 2.31. The van der Waals surface area contributed by atoms with Crippen molar-refractivity contribution in [1.82, 2.24) is 0 Å². The second kappa shape index (κ2) is 65.9. The molecule has 0 bridgehead atoms. The molecule has 0 aromatic rings. The lowest BCUT2D eigenvalue weighted by atomic mass is 10.0. The van der Waals surface area contributed by atoms with Gasteiger partial charge < -0.3 is 33.8 Å². The van der Waals surface area contributed by atoms with Crippen LogP contribution in [-0.2, 0) is 65.4 Å². The molecule has 0 saturated heterocycles. The maximum atomic E-state index is 13.0. The van der Waals surface area contributed by atoms with Gasteiger partial charge in [0.1, 0.15) is 19.3 Å². The molecule has 0 aromatic heterocycles. The summed E-state index contributed by atoms with van der Waals surface area (Å²) in [5, 5.41) is 10.6. The molecule has 0 aliphatic heterocycles. The Kier molecular flexibility index (Phi) is 63.2. The van der Waals surface area contributed by atoms with E-state index in [9.17, 15) is 43.2 Å². The molecule has 0 fully saturated rings. The minimum atomic E-state index is -4.98. The normalized spacial score (nSPS) is 14.6. The highest BCUT2D eigenvalue weighted by Gasteiger charge is 2.30. The van der Waals surface area contributed by atoms with Crippen molar-refractivity contribution in [2.24, 2.45) is 0 Å². The van der Waals surface area contributed by atoms with Crippen molar-refractivity contribution < 1.29 is 80.2 Å². The van der Waals surface area contributed by atoms with Gasteiger partial charge in [-0.2, -0.15) is 0 Å². The standard InChI is InChI=1S/C73H128O17P2/c1-5-9-13-17-21-25-29-31-32-33-34-36-40-42-46-50-54-58-71(76)84-64-69(90-73(78)60-56-52-48-44-38-28-24-20-16-12-8-4)66-88-92(81,82)86-62-67(74)61-85-91(79,80)87-65-68(89-72(77)59-55-51-47-43-37-27-23-19-15-11-7-3)63-83-70(75)57-53-49-45-41-39-35-30-26-22-18-14-10-6-2/h9,13,19-21,23-25,31-32,34,36,42,46,67-69,74H,5-8,10-12,14-18,22,26-30,33,35,37-41,43-45,47-66H2,1-4H3,(H,79,80)(H,81,82)/b13-9-,23-19-,24-20-,25-21-,32-31-,36-34-,46-42-. The van der Waals surface area contributed by atoms with Gasteiger partial charge in [-0.1, -0.05) is 254 Å². The van der Waals surface area contributed by atoms with Gasteiger partial charge in [-0.3, -0.25) is 37.3 Å². The predicted octanol–water partition coefficient (Wildman–Crippen LogP) is 19.9. The first-order valence-corrected chi connectivity index (χ1v) is 38.8. The van der Waals surface area contributed by atoms with Crippen molar-refractivity contribution in [3.63, 3.8) is 0 Å². The first-order chi connectivity index (χ1) is 44.7. The zero-order valence-corrected chi connectivity index (χ0v) is 59.5. The van der Waals surface area contributed by atoms with Crippen LogP contribution < -0.4 is 0 Å².